The minimum atomic E-state index is -0.254. The van der Waals surface area contributed by atoms with E-state index < -0.39 is 0 Å². The van der Waals surface area contributed by atoms with Crippen LogP contribution in [0.1, 0.15) is 59.1 Å². The molecule has 4 heteroatoms. The van der Waals surface area contributed by atoms with Gasteiger partial charge in [0.2, 0.25) is 0 Å². The lowest BCUT2D eigenvalue weighted by Gasteiger charge is -2.41. The zero-order valence-electron chi connectivity index (χ0n) is 15.5. The van der Waals surface area contributed by atoms with Crippen molar-refractivity contribution in [2.75, 3.05) is 7.05 Å². The highest BCUT2D eigenvalue weighted by Gasteiger charge is 2.34. The average Bonchev–Trinajstić information content (AvgIpc) is 2.47. The highest BCUT2D eigenvalue weighted by atomic mass is 15.3. The van der Waals surface area contributed by atoms with Gasteiger partial charge in [0, 0.05) is 19.4 Å². The molecule has 0 bridgehead atoms. The lowest BCUT2D eigenvalue weighted by molar-refractivity contribution is 0.162. The van der Waals surface area contributed by atoms with Crippen LogP contribution in [0.3, 0.4) is 0 Å². The molecule has 0 aromatic carbocycles. The fraction of sp³-hybridized carbons (Fsp3) is 0.579. The van der Waals surface area contributed by atoms with Crippen LogP contribution in [0.5, 0.6) is 0 Å². The summed E-state index contributed by atoms with van der Waals surface area (Å²) in [7, 11) is 2.01. The molecule has 0 saturated heterocycles. The van der Waals surface area contributed by atoms with Gasteiger partial charge >= 0.3 is 0 Å². The van der Waals surface area contributed by atoms with Crippen molar-refractivity contribution < 1.29 is 0 Å². The van der Waals surface area contributed by atoms with Crippen LogP contribution >= 0.6 is 0 Å². The summed E-state index contributed by atoms with van der Waals surface area (Å²) in [5, 5.41) is 0. The van der Waals surface area contributed by atoms with Crippen molar-refractivity contribution in [2.24, 2.45) is 16.1 Å². The summed E-state index contributed by atoms with van der Waals surface area (Å²) in [4.78, 5) is 11.1. The number of hydrogen-bond donors (Lipinski definition) is 1. The van der Waals surface area contributed by atoms with E-state index in [1.807, 2.05) is 25.4 Å². The first kappa shape index (κ1) is 19.2. The van der Waals surface area contributed by atoms with Gasteiger partial charge in [0.15, 0.2) is 5.96 Å². The van der Waals surface area contributed by atoms with Gasteiger partial charge in [0.25, 0.3) is 0 Å². The maximum atomic E-state index is 6.34. The Morgan fingerprint density at radius 1 is 1.43 bits per heavy atom. The second-order valence-electron chi connectivity index (χ2n) is 7.42. The van der Waals surface area contributed by atoms with Crippen LogP contribution in [0.2, 0.25) is 0 Å². The molecule has 1 atom stereocenters. The summed E-state index contributed by atoms with van der Waals surface area (Å²) in [6, 6.07) is 4.19. The van der Waals surface area contributed by atoms with E-state index in [9.17, 15) is 0 Å². The molecule has 23 heavy (non-hydrogen) atoms. The van der Waals surface area contributed by atoms with E-state index in [0.717, 1.165) is 18.4 Å². The summed E-state index contributed by atoms with van der Waals surface area (Å²) >= 11 is 0. The van der Waals surface area contributed by atoms with Crippen LogP contribution < -0.4 is 5.73 Å². The van der Waals surface area contributed by atoms with Crippen molar-refractivity contribution in [1.29, 1.82) is 0 Å². The summed E-state index contributed by atoms with van der Waals surface area (Å²) in [5.74, 6) is 0.548. The molecule has 1 aromatic rings. The molecule has 1 aromatic heterocycles. The molecule has 2 N–H and O–H groups in total. The van der Waals surface area contributed by atoms with E-state index in [1.165, 1.54) is 0 Å². The predicted molar refractivity (Wildman–Crippen MR) is 99.3 cm³/mol. The second-order valence-corrected chi connectivity index (χ2v) is 7.42. The van der Waals surface area contributed by atoms with Gasteiger partial charge in [-0.3, -0.25) is 4.98 Å². The Hall–Kier alpha value is -1.84. The van der Waals surface area contributed by atoms with E-state index in [0.29, 0.717) is 5.96 Å². The molecule has 0 radical (unpaired) electrons. The van der Waals surface area contributed by atoms with Crippen LogP contribution in [0.4, 0.5) is 0 Å². The molecule has 0 spiro atoms. The van der Waals surface area contributed by atoms with Gasteiger partial charge in [0.1, 0.15) is 0 Å². The molecular weight excluding hydrogens is 284 g/mol. The van der Waals surface area contributed by atoms with Crippen LogP contribution in [-0.4, -0.2) is 28.4 Å². The molecule has 4 nitrogen and oxygen atoms in total. The van der Waals surface area contributed by atoms with Crippen molar-refractivity contribution in [1.82, 2.24) is 9.88 Å². The summed E-state index contributed by atoms with van der Waals surface area (Å²) in [5.41, 5.74) is 7.29. The minimum absolute atomic E-state index is 0.0422. The lowest BCUT2D eigenvalue weighted by Crippen LogP contribution is -2.44. The van der Waals surface area contributed by atoms with Gasteiger partial charge in [-0.2, -0.15) is 0 Å². The van der Waals surface area contributed by atoms with Gasteiger partial charge < -0.3 is 10.6 Å². The van der Waals surface area contributed by atoms with Crippen molar-refractivity contribution in [3.8, 4) is 0 Å². The van der Waals surface area contributed by atoms with Gasteiger partial charge in [0.05, 0.1) is 11.6 Å². The Morgan fingerprint density at radius 2 is 2.09 bits per heavy atom. The first-order valence-electron chi connectivity index (χ1n) is 8.23. The fourth-order valence-corrected chi connectivity index (χ4v) is 2.85. The smallest absolute Gasteiger partial charge is 0.192 e. The quantitative estimate of drug-likeness (QED) is 0.467. The standard InChI is InChI=1S/C19H32N4/c1-8-12-19(5,6)22-17(20)23(7)16(18(3,4)9-2)15-11-10-13-21-14-15/h8,10-11,13-14,16H,1,9,12H2,2-7H3,(H2,20,22)/t16-/m1/s1. The normalized spacial score (nSPS) is 14.4. The predicted octanol–water partition coefficient (Wildman–Crippen LogP) is 4.16. The van der Waals surface area contributed by atoms with Crippen LogP contribution in [-0.2, 0) is 0 Å². The molecule has 0 saturated carbocycles. The zero-order valence-corrected chi connectivity index (χ0v) is 15.5. The Bertz CT molecular complexity index is 532. The average molecular weight is 316 g/mol. The van der Waals surface area contributed by atoms with Crippen molar-refractivity contribution in [2.45, 2.75) is 59.0 Å². The second kappa shape index (κ2) is 7.62. The molecule has 1 rings (SSSR count). The highest BCUT2D eigenvalue weighted by Crippen LogP contribution is 2.40. The largest absolute Gasteiger partial charge is 0.370 e. The van der Waals surface area contributed by atoms with E-state index >= 15 is 0 Å². The van der Waals surface area contributed by atoms with E-state index in [-0.39, 0.29) is 17.0 Å². The summed E-state index contributed by atoms with van der Waals surface area (Å²) in [6.45, 7) is 14.6. The highest BCUT2D eigenvalue weighted by molar-refractivity contribution is 5.79. The first-order chi connectivity index (χ1) is 10.6. The Labute approximate surface area is 141 Å². The lowest BCUT2D eigenvalue weighted by atomic mass is 9.78. The maximum Gasteiger partial charge on any atom is 0.192 e. The Kier molecular flexibility index (Phi) is 6.37. The number of nitrogens with zero attached hydrogens (tertiary/aromatic N) is 3. The maximum absolute atomic E-state index is 6.34. The number of aliphatic imine (C=N–C) groups is 1. The van der Waals surface area contributed by atoms with E-state index in [4.69, 9.17) is 10.7 Å². The topological polar surface area (TPSA) is 54.5 Å². The molecule has 0 aliphatic heterocycles. The Balaban J connectivity index is 3.22. The van der Waals surface area contributed by atoms with Gasteiger partial charge in [-0.15, -0.1) is 6.58 Å². The molecule has 1 heterocycles. The molecular formula is C19H32N4. The molecule has 0 fully saturated rings. The van der Waals surface area contributed by atoms with Crippen LogP contribution in [0, 0.1) is 5.41 Å². The van der Waals surface area contributed by atoms with Crippen molar-refractivity contribution in [3.05, 3.63) is 42.7 Å². The van der Waals surface area contributed by atoms with Crippen LogP contribution in [0.15, 0.2) is 42.2 Å². The Morgan fingerprint density at radius 3 is 2.57 bits per heavy atom. The molecule has 0 aliphatic rings. The van der Waals surface area contributed by atoms with E-state index in [1.54, 1.807) is 6.20 Å². The third-order valence-corrected chi connectivity index (χ3v) is 4.46. The number of guanidine groups is 1. The SMILES string of the molecule is C=CCC(C)(C)N=C(N)N(C)[C@H](c1cccnc1)C(C)(C)CC. The third-order valence-electron chi connectivity index (χ3n) is 4.46. The molecule has 128 valence electrons. The number of nitrogens with two attached hydrogens (primary N) is 1. The van der Waals surface area contributed by atoms with Gasteiger partial charge in [-0.05, 0) is 43.7 Å². The van der Waals surface area contributed by atoms with Crippen LogP contribution in [0.25, 0.3) is 0 Å². The third kappa shape index (κ3) is 5.08. The van der Waals surface area contributed by atoms with Gasteiger partial charge in [-0.25, -0.2) is 4.99 Å². The van der Waals surface area contributed by atoms with E-state index in [2.05, 4.69) is 57.1 Å². The molecule has 0 unspecified atom stereocenters. The number of pyridine rings is 1. The number of hydrogen-bond acceptors (Lipinski definition) is 2. The summed E-state index contributed by atoms with van der Waals surface area (Å²) in [6.07, 6.45) is 7.41. The van der Waals surface area contributed by atoms with Gasteiger partial charge in [-0.1, -0.05) is 32.9 Å². The minimum Gasteiger partial charge on any atom is -0.370 e. The van der Waals surface area contributed by atoms with Crippen molar-refractivity contribution in [3.63, 3.8) is 0 Å². The molecule has 0 amide bonds. The summed E-state index contributed by atoms with van der Waals surface area (Å²) < 4.78 is 0. The number of aromatic nitrogens is 1. The monoisotopic (exact) mass is 316 g/mol. The molecule has 0 aliphatic carbocycles. The fourth-order valence-electron chi connectivity index (χ4n) is 2.85. The first-order valence-corrected chi connectivity index (χ1v) is 8.23. The number of rotatable bonds is 7. The zero-order chi connectivity index (χ0) is 17.7. The van der Waals surface area contributed by atoms with Crippen molar-refractivity contribution >= 4 is 5.96 Å².